The smallest absolute Gasteiger partial charge is 0.279 e. The lowest BCUT2D eigenvalue weighted by atomic mass is 9.97. The molecular formula is C16H22N2O3. The fourth-order valence-corrected chi connectivity index (χ4v) is 2.69. The molecule has 1 aliphatic rings. The molecule has 1 amide bonds. The Morgan fingerprint density at radius 2 is 1.90 bits per heavy atom. The van der Waals surface area contributed by atoms with Gasteiger partial charge in [-0.3, -0.25) is 4.79 Å². The molecule has 0 bridgehead atoms. The molecular weight excluding hydrogens is 268 g/mol. The summed E-state index contributed by atoms with van der Waals surface area (Å²) in [6, 6.07) is 5.85. The molecule has 1 aromatic rings. The van der Waals surface area contributed by atoms with Crippen molar-refractivity contribution in [1.82, 2.24) is 0 Å². The van der Waals surface area contributed by atoms with Gasteiger partial charge in [0.15, 0.2) is 6.54 Å². The van der Waals surface area contributed by atoms with Crippen molar-refractivity contribution in [2.75, 3.05) is 25.0 Å². The van der Waals surface area contributed by atoms with Crippen molar-refractivity contribution in [2.45, 2.75) is 26.7 Å². The Balaban J connectivity index is 1.82. The fourth-order valence-electron chi connectivity index (χ4n) is 2.69. The van der Waals surface area contributed by atoms with Gasteiger partial charge in [-0.15, -0.1) is 0 Å². The van der Waals surface area contributed by atoms with Crippen LogP contribution in [0.4, 0.5) is 5.69 Å². The van der Waals surface area contributed by atoms with E-state index >= 15 is 0 Å². The molecule has 0 spiro atoms. The number of rotatable bonds is 4. The van der Waals surface area contributed by atoms with Gasteiger partial charge in [0.05, 0.1) is 13.1 Å². The molecule has 0 radical (unpaired) electrons. The van der Waals surface area contributed by atoms with Crippen LogP contribution in [0, 0.1) is 19.8 Å². The van der Waals surface area contributed by atoms with E-state index in [1.54, 1.807) is 0 Å². The number of quaternary nitrogens is 1. The Labute approximate surface area is 125 Å². The van der Waals surface area contributed by atoms with Gasteiger partial charge in [0.2, 0.25) is 0 Å². The van der Waals surface area contributed by atoms with Gasteiger partial charge in [-0.05, 0) is 37.1 Å². The summed E-state index contributed by atoms with van der Waals surface area (Å²) >= 11 is 0. The molecule has 2 N–H and O–H groups in total. The zero-order valence-corrected chi connectivity index (χ0v) is 12.6. The van der Waals surface area contributed by atoms with E-state index in [1.807, 2.05) is 32.0 Å². The second-order valence-corrected chi connectivity index (χ2v) is 5.87. The number of nitrogens with one attached hydrogen (secondary N) is 2. The Hall–Kier alpha value is -1.88. The highest BCUT2D eigenvalue weighted by Crippen LogP contribution is 2.13. The topological polar surface area (TPSA) is 73.7 Å². The van der Waals surface area contributed by atoms with Gasteiger partial charge in [-0.2, -0.15) is 0 Å². The maximum Gasteiger partial charge on any atom is 0.279 e. The number of aryl methyl sites for hydroxylation is 2. The van der Waals surface area contributed by atoms with Crippen LogP contribution < -0.4 is 15.3 Å². The van der Waals surface area contributed by atoms with Crippen LogP contribution in [0.25, 0.3) is 0 Å². The molecule has 0 unspecified atom stereocenters. The normalized spacial score (nSPS) is 21.8. The summed E-state index contributed by atoms with van der Waals surface area (Å²) in [4.78, 5) is 23.9. The summed E-state index contributed by atoms with van der Waals surface area (Å²) in [6.45, 7) is 5.85. The number of hydrogen-bond acceptors (Lipinski definition) is 3. The quantitative estimate of drug-likeness (QED) is 0.769. The number of hydrogen-bond donors (Lipinski definition) is 2. The Morgan fingerprint density at radius 3 is 2.48 bits per heavy atom. The van der Waals surface area contributed by atoms with E-state index in [0.717, 1.165) is 16.2 Å². The molecule has 1 aromatic carbocycles. The van der Waals surface area contributed by atoms with Crippen molar-refractivity contribution < 1.29 is 19.6 Å². The van der Waals surface area contributed by atoms with Crippen LogP contribution in [0.2, 0.25) is 0 Å². The summed E-state index contributed by atoms with van der Waals surface area (Å²) in [7, 11) is 0. The number of carbonyl (C=O) groups excluding carboxylic acids is 2. The number of carboxylic acid groups (broad SMARTS) is 1. The average Bonchev–Trinajstić information content (AvgIpc) is 2.43. The van der Waals surface area contributed by atoms with Crippen LogP contribution in [-0.2, 0) is 9.59 Å². The average molecular weight is 290 g/mol. The lowest BCUT2D eigenvalue weighted by Gasteiger charge is -2.29. The molecule has 5 nitrogen and oxygen atoms in total. The zero-order chi connectivity index (χ0) is 15.4. The monoisotopic (exact) mass is 290 g/mol. The van der Waals surface area contributed by atoms with Crippen LogP contribution in [0.15, 0.2) is 18.2 Å². The van der Waals surface area contributed by atoms with Crippen LogP contribution in [0.3, 0.4) is 0 Å². The molecule has 0 aromatic heterocycles. The summed E-state index contributed by atoms with van der Waals surface area (Å²) in [5.41, 5.74) is 3.16. The van der Waals surface area contributed by atoms with E-state index in [1.165, 1.54) is 5.56 Å². The highest BCUT2D eigenvalue weighted by Gasteiger charge is 2.24. The van der Waals surface area contributed by atoms with Gasteiger partial charge in [0.25, 0.3) is 5.91 Å². The first-order chi connectivity index (χ1) is 9.95. The maximum atomic E-state index is 12.0. The minimum Gasteiger partial charge on any atom is -0.550 e. The number of benzene rings is 1. The number of piperidine rings is 1. The largest absolute Gasteiger partial charge is 0.550 e. The van der Waals surface area contributed by atoms with E-state index in [2.05, 4.69) is 5.32 Å². The maximum absolute atomic E-state index is 12.0. The Bertz CT molecular complexity index is 534. The van der Waals surface area contributed by atoms with Gasteiger partial charge >= 0.3 is 0 Å². The molecule has 1 aliphatic heterocycles. The predicted molar refractivity (Wildman–Crippen MR) is 77.8 cm³/mol. The third-order valence-electron chi connectivity index (χ3n) is 4.23. The van der Waals surface area contributed by atoms with Crippen molar-refractivity contribution in [1.29, 1.82) is 0 Å². The first-order valence-electron chi connectivity index (χ1n) is 7.37. The molecule has 1 saturated heterocycles. The van der Waals surface area contributed by atoms with Crippen molar-refractivity contribution in [3.05, 3.63) is 29.3 Å². The highest BCUT2D eigenvalue weighted by atomic mass is 16.4. The van der Waals surface area contributed by atoms with Crippen molar-refractivity contribution in [2.24, 2.45) is 5.92 Å². The summed E-state index contributed by atoms with van der Waals surface area (Å²) in [5.74, 6) is -1.34. The van der Waals surface area contributed by atoms with Crippen molar-refractivity contribution in [3.8, 4) is 0 Å². The second kappa shape index (κ2) is 6.72. The fraction of sp³-hybridized carbons (Fsp3) is 0.500. The van der Waals surface area contributed by atoms with Crippen LogP contribution in [0.5, 0.6) is 0 Å². The molecule has 21 heavy (non-hydrogen) atoms. The first-order valence-corrected chi connectivity index (χ1v) is 7.37. The first kappa shape index (κ1) is 15.5. The lowest BCUT2D eigenvalue weighted by molar-refractivity contribution is -0.897. The zero-order valence-electron chi connectivity index (χ0n) is 12.6. The predicted octanol–water partition coefficient (Wildman–Crippen LogP) is -0.713. The molecule has 2 rings (SSSR count). The number of carbonyl (C=O) groups is 2. The third-order valence-corrected chi connectivity index (χ3v) is 4.23. The number of amides is 1. The summed E-state index contributed by atoms with van der Waals surface area (Å²) in [6.07, 6.45) is 1.18. The molecule has 114 valence electrons. The van der Waals surface area contributed by atoms with Crippen molar-refractivity contribution in [3.63, 3.8) is 0 Å². The van der Waals surface area contributed by atoms with E-state index in [-0.39, 0.29) is 11.8 Å². The van der Waals surface area contributed by atoms with Crippen LogP contribution >= 0.6 is 0 Å². The molecule has 0 saturated carbocycles. The molecule has 0 atom stereocenters. The highest BCUT2D eigenvalue weighted by molar-refractivity contribution is 5.91. The minimum absolute atomic E-state index is 0.0276. The Kier molecular flexibility index (Phi) is 4.96. The number of carboxylic acids is 1. The van der Waals surface area contributed by atoms with E-state index in [0.29, 0.717) is 32.5 Å². The van der Waals surface area contributed by atoms with Gasteiger partial charge in [-0.1, -0.05) is 6.07 Å². The van der Waals surface area contributed by atoms with Gasteiger partial charge in [0, 0.05) is 30.4 Å². The van der Waals surface area contributed by atoms with E-state index in [4.69, 9.17) is 0 Å². The van der Waals surface area contributed by atoms with Crippen LogP contribution in [-0.4, -0.2) is 31.5 Å². The number of aliphatic carboxylic acids is 1. The minimum atomic E-state index is -0.964. The molecule has 1 heterocycles. The van der Waals surface area contributed by atoms with Gasteiger partial charge in [0.1, 0.15) is 0 Å². The molecule has 5 heteroatoms. The van der Waals surface area contributed by atoms with Crippen LogP contribution in [0.1, 0.15) is 24.0 Å². The summed E-state index contributed by atoms with van der Waals surface area (Å²) in [5, 5.41) is 13.7. The molecule has 1 fully saturated rings. The number of likely N-dealkylation sites (tertiary alicyclic amines) is 1. The van der Waals surface area contributed by atoms with E-state index in [9.17, 15) is 14.7 Å². The van der Waals surface area contributed by atoms with Gasteiger partial charge < -0.3 is 20.1 Å². The van der Waals surface area contributed by atoms with Crippen molar-refractivity contribution >= 4 is 17.6 Å². The third kappa shape index (κ3) is 4.29. The second-order valence-electron chi connectivity index (χ2n) is 5.87. The standard InChI is InChI=1S/C16H22N2O3/c1-11-3-4-14(9-12(11)2)17-15(19)10-18-7-5-13(6-8-18)16(20)21/h3-4,9,13H,5-8,10H2,1-2H3,(H,17,19)(H,20,21). The van der Waals surface area contributed by atoms with Gasteiger partial charge in [-0.25, -0.2) is 0 Å². The molecule has 0 aliphatic carbocycles. The SMILES string of the molecule is Cc1ccc(NC(=O)C[NH+]2CCC(C(=O)[O-])CC2)cc1C. The summed E-state index contributed by atoms with van der Waals surface area (Å²) < 4.78 is 0. The number of anilines is 1. The van der Waals surface area contributed by atoms with E-state index < -0.39 is 5.97 Å². The Morgan fingerprint density at radius 1 is 1.24 bits per heavy atom. The lowest BCUT2D eigenvalue weighted by Crippen LogP contribution is -3.14.